The molecule has 25 heavy (non-hydrogen) atoms. The van der Waals surface area contributed by atoms with Crippen molar-refractivity contribution in [3.05, 3.63) is 42.0 Å². The summed E-state index contributed by atoms with van der Waals surface area (Å²) < 4.78 is 11.1. The average molecular weight is 345 g/mol. The first kappa shape index (κ1) is 20.0. The number of hydrogen-bond acceptors (Lipinski definition) is 2. The van der Waals surface area contributed by atoms with Gasteiger partial charge in [-0.1, -0.05) is 75.3 Å². The van der Waals surface area contributed by atoms with Crippen LogP contribution in [0.15, 0.2) is 36.4 Å². The number of benzene rings is 1. The summed E-state index contributed by atoms with van der Waals surface area (Å²) in [6.45, 7) is 3.67. The summed E-state index contributed by atoms with van der Waals surface area (Å²) in [5.41, 5.74) is 1.35. The molecule has 1 aromatic rings. The molecule has 1 aromatic carbocycles. The first-order chi connectivity index (χ1) is 12.4. The summed E-state index contributed by atoms with van der Waals surface area (Å²) >= 11 is 0. The van der Waals surface area contributed by atoms with Gasteiger partial charge in [-0.2, -0.15) is 0 Å². The van der Waals surface area contributed by atoms with Gasteiger partial charge in [-0.05, 0) is 44.2 Å². The van der Waals surface area contributed by atoms with Crippen LogP contribution in [0.5, 0.6) is 5.75 Å². The fraction of sp³-hybridized carbons (Fsp3) is 0.652. The number of ether oxygens (including phenoxy) is 2. The van der Waals surface area contributed by atoms with Crippen LogP contribution < -0.4 is 4.74 Å². The first-order valence-electron chi connectivity index (χ1n) is 10.3. The summed E-state index contributed by atoms with van der Waals surface area (Å²) in [5.74, 6) is 1.05. The van der Waals surface area contributed by atoms with Crippen molar-refractivity contribution in [3.63, 3.8) is 0 Å². The summed E-state index contributed by atoms with van der Waals surface area (Å²) in [6.07, 6.45) is 19.5. The van der Waals surface area contributed by atoms with E-state index in [0.717, 1.165) is 18.8 Å². The van der Waals surface area contributed by atoms with Crippen molar-refractivity contribution in [3.8, 4) is 5.75 Å². The van der Waals surface area contributed by atoms with Crippen molar-refractivity contribution < 1.29 is 9.47 Å². The van der Waals surface area contributed by atoms with Crippen LogP contribution in [0.25, 0.3) is 0 Å². The van der Waals surface area contributed by atoms with Crippen molar-refractivity contribution in [2.75, 3.05) is 13.2 Å². The Hall–Kier alpha value is -1.28. The molecule has 1 saturated heterocycles. The lowest BCUT2D eigenvalue weighted by Gasteiger charge is -2.10. The number of hydrogen-bond donors (Lipinski definition) is 0. The monoisotopic (exact) mass is 344 g/mol. The second kappa shape index (κ2) is 13.0. The van der Waals surface area contributed by atoms with Gasteiger partial charge in [0.25, 0.3) is 0 Å². The van der Waals surface area contributed by atoms with Crippen LogP contribution >= 0.6 is 0 Å². The van der Waals surface area contributed by atoms with Gasteiger partial charge < -0.3 is 9.47 Å². The van der Waals surface area contributed by atoms with E-state index in [2.05, 4.69) is 43.3 Å². The van der Waals surface area contributed by atoms with Crippen LogP contribution in [0, 0.1) is 0 Å². The highest BCUT2D eigenvalue weighted by molar-refractivity contribution is 5.33. The second-order valence-electron chi connectivity index (χ2n) is 7.16. The molecule has 1 atom stereocenters. The van der Waals surface area contributed by atoms with Gasteiger partial charge in [-0.15, -0.1) is 0 Å². The van der Waals surface area contributed by atoms with E-state index in [9.17, 15) is 0 Å². The molecule has 1 fully saturated rings. The lowest BCUT2D eigenvalue weighted by atomic mass is 10.0. The third kappa shape index (κ3) is 9.69. The zero-order valence-electron chi connectivity index (χ0n) is 16.1. The highest BCUT2D eigenvalue weighted by atomic mass is 16.6. The topological polar surface area (TPSA) is 21.8 Å². The molecule has 0 saturated carbocycles. The molecule has 0 spiro atoms. The van der Waals surface area contributed by atoms with Crippen LogP contribution in [0.1, 0.15) is 76.7 Å². The van der Waals surface area contributed by atoms with Crippen molar-refractivity contribution in [1.29, 1.82) is 0 Å². The Morgan fingerprint density at radius 3 is 2.28 bits per heavy atom. The molecule has 0 aliphatic carbocycles. The molecule has 1 aliphatic rings. The van der Waals surface area contributed by atoms with Crippen LogP contribution in [-0.4, -0.2) is 19.3 Å². The van der Waals surface area contributed by atoms with E-state index in [-0.39, 0.29) is 0 Å². The summed E-state index contributed by atoms with van der Waals surface area (Å²) in [7, 11) is 0. The van der Waals surface area contributed by atoms with Crippen LogP contribution in [-0.2, 0) is 11.2 Å². The van der Waals surface area contributed by atoms with Gasteiger partial charge in [0, 0.05) is 0 Å². The minimum atomic E-state index is 0.330. The quantitative estimate of drug-likeness (QED) is 0.206. The molecule has 1 unspecified atom stereocenters. The number of epoxide rings is 1. The van der Waals surface area contributed by atoms with E-state index in [4.69, 9.17) is 9.47 Å². The van der Waals surface area contributed by atoms with E-state index in [1.807, 2.05) is 0 Å². The number of unbranched alkanes of at least 4 members (excludes halogenated alkanes) is 9. The number of rotatable bonds is 15. The Morgan fingerprint density at radius 1 is 0.960 bits per heavy atom. The third-order valence-corrected chi connectivity index (χ3v) is 4.85. The molecule has 1 heterocycles. The van der Waals surface area contributed by atoms with Crippen LogP contribution in [0.2, 0.25) is 0 Å². The zero-order valence-corrected chi connectivity index (χ0v) is 16.1. The summed E-state index contributed by atoms with van der Waals surface area (Å²) in [6, 6.07) is 8.47. The van der Waals surface area contributed by atoms with E-state index < -0.39 is 0 Å². The fourth-order valence-corrected chi connectivity index (χ4v) is 3.18. The van der Waals surface area contributed by atoms with Crippen LogP contribution in [0.4, 0.5) is 0 Å². The van der Waals surface area contributed by atoms with E-state index in [0.29, 0.717) is 12.7 Å². The predicted molar refractivity (Wildman–Crippen MR) is 106 cm³/mol. The van der Waals surface area contributed by atoms with Crippen molar-refractivity contribution in [2.24, 2.45) is 0 Å². The Kier molecular flexibility index (Phi) is 10.4. The maximum absolute atomic E-state index is 5.89. The number of para-hydroxylation sites is 1. The Balaban J connectivity index is 1.45. The van der Waals surface area contributed by atoms with Crippen molar-refractivity contribution in [2.45, 2.75) is 83.7 Å². The van der Waals surface area contributed by atoms with Gasteiger partial charge in [0.1, 0.15) is 18.5 Å². The van der Waals surface area contributed by atoms with Gasteiger partial charge >= 0.3 is 0 Å². The third-order valence-electron chi connectivity index (χ3n) is 4.85. The number of allylic oxidation sites excluding steroid dienone is 2. The molecule has 2 nitrogen and oxygen atoms in total. The van der Waals surface area contributed by atoms with Gasteiger partial charge in [-0.25, -0.2) is 0 Å². The summed E-state index contributed by atoms with van der Waals surface area (Å²) in [4.78, 5) is 0. The molecule has 140 valence electrons. The maximum atomic E-state index is 5.89. The average Bonchev–Trinajstić information content (AvgIpc) is 3.46. The Labute approximate surface area is 154 Å². The standard InChI is InChI=1S/C23H36O2/c1-2-3-4-5-6-7-8-9-10-11-12-13-16-21-17-14-15-18-23(21)25-20-22-19-24-22/h2-3,14-15,17-18,22H,4-13,16,19-20H2,1H3/b3-2+. The fourth-order valence-electron chi connectivity index (χ4n) is 3.18. The molecule has 2 heteroatoms. The predicted octanol–water partition coefficient (Wildman–Crippen LogP) is 6.48. The lowest BCUT2D eigenvalue weighted by molar-refractivity contribution is 0.261. The zero-order chi connectivity index (χ0) is 17.6. The lowest BCUT2D eigenvalue weighted by Crippen LogP contribution is -2.05. The SMILES string of the molecule is C/C=C/CCCCCCCCCCCc1ccccc1OCC1CO1. The maximum Gasteiger partial charge on any atom is 0.122 e. The first-order valence-corrected chi connectivity index (χ1v) is 10.3. The molecular weight excluding hydrogens is 308 g/mol. The molecular formula is C23H36O2. The Bertz CT molecular complexity index is 477. The van der Waals surface area contributed by atoms with Gasteiger partial charge in [0.2, 0.25) is 0 Å². The van der Waals surface area contributed by atoms with E-state index in [1.54, 1.807) is 0 Å². The molecule has 2 rings (SSSR count). The van der Waals surface area contributed by atoms with Gasteiger partial charge in [0.05, 0.1) is 6.61 Å². The number of aryl methyl sites for hydroxylation is 1. The summed E-state index contributed by atoms with van der Waals surface area (Å²) in [5, 5.41) is 0. The molecule has 1 aliphatic heterocycles. The largest absolute Gasteiger partial charge is 0.491 e. The van der Waals surface area contributed by atoms with Crippen molar-refractivity contribution in [1.82, 2.24) is 0 Å². The normalized spacial score (nSPS) is 16.4. The van der Waals surface area contributed by atoms with Crippen LogP contribution in [0.3, 0.4) is 0 Å². The van der Waals surface area contributed by atoms with Crippen molar-refractivity contribution >= 4 is 0 Å². The molecule has 0 bridgehead atoms. The Morgan fingerprint density at radius 2 is 1.60 bits per heavy atom. The minimum Gasteiger partial charge on any atom is -0.491 e. The highest BCUT2D eigenvalue weighted by Crippen LogP contribution is 2.22. The van der Waals surface area contributed by atoms with Gasteiger partial charge in [0.15, 0.2) is 0 Å². The molecule has 0 N–H and O–H groups in total. The smallest absolute Gasteiger partial charge is 0.122 e. The van der Waals surface area contributed by atoms with E-state index >= 15 is 0 Å². The molecule has 0 amide bonds. The van der Waals surface area contributed by atoms with Gasteiger partial charge in [-0.3, -0.25) is 0 Å². The highest BCUT2D eigenvalue weighted by Gasteiger charge is 2.23. The van der Waals surface area contributed by atoms with E-state index in [1.165, 1.54) is 69.8 Å². The molecule has 0 radical (unpaired) electrons. The molecule has 0 aromatic heterocycles. The second-order valence-corrected chi connectivity index (χ2v) is 7.16. The minimum absolute atomic E-state index is 0.330.